The Balaban J connectivity index is 2.05. The number of benzene rings is 2. The number of fused-ring (bicyclic) bond motifs is 1. The predicted octanol–water partition coefficient (Wildman–Crippen LogP) is 4.91. The van der Waals surface area contributed by atoms with Crippen LogP contribution in [0.15, 0.2) is 54.7 Å². The van der Waals surface area contributed by atoms with Gasteiger partial charge in [-0.05, 0) is 17.5 Å². The highest BCUT2D eigenvalue weighted by Gasteiger charge is 2.09. The van der Waals surface area contributed by atoms with Crippen LogP contribution < -0.4 is 4.74 Å². The predicted molar refractivity (Wildman–Crippen MR) is 77.8 cm³/mol. The highest BCUT2D eigenvalue weighted by molar-refractivity contribution is 6.17. The van der Waals surface area contributed by atoms with Crippen LogP contribution in [0.3, 0.4) is 0 Å². The Morgan fingerprint density at radius 3 is 2.75 bits per heavy atom. The van der Waals surface area contributed by atoms with Gasteiger partial charge in [0.1, 0.15) is 11.6 Å². The number of hydrogen-bond acceptors (Lipinski definition) is 2. The molecular formula is C16H11ClFNO. The third-order valence-electron chi connectivity index (χ3n) is 2.99. The van der Waals surface area contributed by atoms with Crippen molar-refractivity contribution in [3.05, 3.63) is 66.1 Å². The van der Waals surface area contributed by atoms with E-state index < -0.39 is 5.82 Å². The zero-order valence-corrected chi connectivity index (χ0v) is 11.3. The summed E-state index contributed by atoms with van der Waals surface area (Å²) in [4.78, 5) is 3.97. The number of halogens is 2. The fourth-order valence-corrected chi connectivity index (χ4v) is 2.24. The van der Waals surface area contributed by atoms with Crippen molar-refractivity contribution in [1.29, 1.82) is 0 Å². The average Bonchev–Trinajstić information content (AvgIpc) is 2.49. The van der Waals surface area contributed by atoms with E-state index in [9.17, 15) is 4.39 Å². The highest BCUT2D eigenvalue weighted by Crippen LogP contribution is 2.31. The minimum atomic E-state index is -0.425. The van der Waals surface area contributed by atoms with Crippen LogP contribution in [-0.4, -0.2) is 4.98 Å². The summed E-state index contributed by atoms with van der Waals surface area (Å²) in [6, 6.07) is 15.0. The van der Waals surface area contributed by atoms with Gasteiger partial charge >= 0.3 is 0 Å². The van der Waals surface area contributed by atoms with Crippen LogP contribution in [0.5, 0.6) is 11.6 Å². The van der Waals surface area contributed by atoms with Gasteiger partial charge in [-0.3, -0.25) is 0 Å². The monoisotopic (exact) mass is 287 g/mol. The fourth-order valence-electron chi connectivity index (χ4n) is 2.05. The normalized spacial score (nSPS) is 10.7. The molecule has 3 aromatic rings. The van der Waals surface area contributed by atoms with E-state index in [0.717, 1.165) is 17.0 Å². The van der Waals surface area contributed by atoms with Crippen LogP contribution in [0.1, 0.15) is 5.56 Å². The summed E-state index contributed by atoms with van der Waals surface area (Å²) < 4.78 is 19.0. The molecule has 1 aromatic heterocycles. The largest absolute Gasteiger partial charge is 0.438 e. The van der Waals surface area contributed by atoms with Crippen molar-refractivity contribution in [2.75, 3.05) is 0 Å². The molecule has 2 nitrogen and oxygen atoms in total. The van der Waals surface area contributed by atoms with E-state index in [4.69, 9.17) is 16.3 Å². The van der Waals surface area contributed by atoms with Crippen molar-refractivity contribution >= 4 is 22.4 Å². The molecule has 0 saturated carbocycles. The summed E-state index contributed by atoms with van der Waals surface area (Å²) in [5, 5.41) is 2.04. The minimum absolute atomic E-state index is 0.144. The van der Waals surface area contributed by atoms with Gasteiger partial charge in [0, 0.05) is 10.9 Å². The molecule has 0 unspecified atom stereocenters. The first-order valence-electron chi connectivity index (χ1n) is 6.14. The van der Waals surface area contributed by atoms with Gasteiger partial charge in [0.2, 0.25) is 5.88 Å². The Kier molecular flexibility index (Phi) is 3.52. The standard InChI is InChI=1S/C16H11ClFNO/c17-9-12-8-13(18)10-19-16(12)20-15-7-3-5-11-4-1-2-6-14(11)15/h1-8,10H,9H2. The van der Waals surface area contributed by atoms with Gasteiger partial charge in [-0.25, -0.2) is 9.37 Å². The van der Waals surface area contributed by atoms with E-state index in [1.165, 1.54) is 6.07 Å². The third kappa shape index (κ3) is 2.45. The lowest BCUT2D eigenvalue weighted by atomic mass is 10.1. The van der Waals surface area contributed by atoms with E-state index >= 15 is 0 Å². The molecule has 1 heterocycles. The molecule has 0 N–H and O–H groups in total. The zero-order chi connectivity index (χ0) is 13.9. The van der Waals surface area contributed by atoms with Crippen LogP contribution in [0.2, 0.25) is 0 Å². The smallest absolute Gasteiger partial charge is 0.223 e. The summed E-state index contributed by atoms with van der Waals surface area (Å²) in [6.07, 6.45) is 1.12. The Morgan fingerprint density at radius 1 is 1.10 bits per heavy atom. The van der Waals surface area contributed by atoms with E-state index in [0.29, 0.717) is 17.2 Å². The fraction of sp³-hybridized carbons (Fsp3) is 0.0625. The van der Waals surface area contributed by atoms with E-state index in [1.807, 2.05) is 42.5 Å². The Morgan fingerprint density at radius 2 is 1.90 bits per heavy atom. The maximum Gasteiger partial charge on any atom is 0.223 e. The molecule has 3 rings (SSSR count). The second-order valence-electron chi connectivity index (χ2n) is 4.33. The molecule has 100 valence electrons. The SMILES string of the molecule is Fc1cnc(Oc2cccc3ccccc23)c(CCl)c1. The quantitative estimate of drug-likeness (QED) is 0.639. The van der Waals surface area contributed by atoms with Gasteiger partial charge in [0.25, 0.3) is 0 Å². The lowest BCUT2D eigenvalue weighted by molar-refractivity contribution is 0.459. The van der Waals surface area contributed by atoms with E-state index in [1.54, 1.807) is 0 Å². The molecule has 0 aliphatic carbocycles. The zero-order valence-electron chi connectivity index (χ0n) is 10.5. The number of nitrogens with zero attached hydrogens (tertiary/aromatic N) is 1. The Labute approximate surface area is 120 Å². The number of rotatable bonds is 3. The van der Waals surface area contributed by atoms with Crippen LogP contribution in [0.25, 0.3) is 10.8 Å². The minimum Gasteiger partial charge on any atom is -0.438 e. The van der Waals surface area contributed by atoms with Crippen molar-refractivity contribution < 1.29 is 9.13 Å². The first-order chi connectivity index (χ1) is 9.78. The Bertz CT molecular complexity index is 755. The third-order valence-corrected chi connectivity index (χ3v) is 3.28. The molecule has 20 heavy (non-hydrogen) atoms. The average molecular weight is 288 g/mol. The van der Waals surface area contributed by atoms with Crippen LogP contribution in [-0.2, 0) is 5.88 Å². The van der Waals surface area contributed by atoms with Crippen molar-refractivity contribution in [3.8, 4) is 11.6 Å². The maximum absolute atomic E-state index is 13.1. The number of aromatic nitrogens is 1. The van der Waals surface area contributed by atoms with Crippen molar-refractivity contribution in [2.45, 2.75) is 5.88 Å². The summed E-state index contributed by atoms with van der Waals surface area (Å²) in [7, 11) is 0. The van der Waals surface area contributed by atoms with Crippen LogP contribution in [0.4, 0.5) is 4.39 Å². The molecule has 2 aromatic carbocycles. The highest BCUT2D eigenvalue weighted by atomic mass is 35.5. The molecule has 0 aliphatic rings. The van der Waals surface area contributed by atoms with Crippen molar-refractivity contribution in [2.24, 2.45) is 0 Å². The summed E-state index contributed by atoms with van der Waals surface area (Å²) in [5.41, 5.74) is 0.527. The number of hydrogen-bond donors (Lipinski definition) is 0. The molecule has 0 atom stereocenters. The summed E-state index contributed by atoms with van der Waals surface area (Å²) in [6.45, 7) is 0. The second kappa shape index (κ2) is 5.47. The van der Waals surface area contributed by atoms with E-state index in [-0.39, 0.29) is 5.88 Å². The lowest BCUT2D eigenvalue weighted by Gasteiger charge is -2.10. The summed E-state index contributed by atoms with van der Waals surface area (Å²) in [5.74, 6) is 0.724. The maximum atomic E-state index is 13.1. The Hall–Kier alpha value is -2.13. The van der Waals surface area contributed by atoms with Gasteiger partial charge in [-0.15, -0.1) is 11.6 Å². The second-order valence-corrected chi connectivity index (χ2v) is 4.60. The van der Waals surface area contributed by atoms with E-state index in [2.05, 4.69) is 4.98 Å². The lowest BCUT2D eigenvalue weighted by Crippen LogP contribution is -1.95. The number of ether oxygens (including phenoxy) is 1. The van der Waals surface area contributed by atoms with Crippen LogP contribution in [0, 0.1) is 5.82 Å². The first kappa shape index (κ1) is 12.9. The van der Waals surface area contributed by atoms with Gasteiger partial charge in [0.15, 0.2) is 0 Å². The van der Waals surface area contributed by atoms with Gasteiger partial charge in [0.05, 0.1) is 12.1 Å². The van der Waals surface area contributed by atoms with Gasteiger partial charge in [-0.2, -0.15) is 0 Å². The summed E-state index contributed by atoms with van der Waals surface area (Å²) >= 11 is 5.80. The molecular weight excluding hydrogens is 277 g/mol. The molecule has 0 bridgehead atoms. The van der Waals surface area contributed by atoms with Gasteiger partial charge < -0.3 is 4.74 Å². The molecule has 0 fully saturated rings. The number of pyridine rings is 1. The molecule has 4 heteroatoms. The molecule has 0 saturated heterocycles. The molecule has 0 amide bonds. The molecule has 0 radical (unpaired) electrons. The van der Waals surface area contributed by atoms with Crippen LogP contribution >= 0.6 is 11.6 Å². The van der Waals surface area contributed by atoms with Crippen molar-refractivity contribution in [3.63, 3.8) is 0 Å². The number of alkyl halides is 1. The van der Waals surface area contributed by atoms with Gasteiger partial charge in [-0.1, -0.05) is 36.4 Å². The molecule has 0 aliphatic heterocycles. The topological polar surface area (TPSA) is 22.1 Å². The first-order valence-corrected chi connectivity index (χ1v) is 6.67. The van der Waals surface area contributed by atoms with Crippen molar-refractivity contribution in [1.82, 2.24) is 4.98 Å². The molecule has 0 spiro atoms.